The summed E-state index contributed by atoms with van der Waals surface area (Å²) in [6.45, 7) is 1.50. The van der Waals surface area contributed by atoms with Gasteiger partial charge in [-0.15, -0.1) is 0 Å². The van der Waals surface area contributed by atoms with Crippen molar-refractivity contribution < 1.29 is 8.81 Å². The highest BCUT2D eigenvalue weighted by atomic mass is 32.1. The Balaban J connectivity index is 1.80. The number of aromatic nitrogens is 3. The zero-order chi connectivity index (χ0) is 17.6. The molecule has 6 nitrogen and oxygen atoms in total. The lowest BCUT2D eigenvalue weighted by molar-refractivity contribution is 0.571. The third-order valence-electron chi connectivity index (χ3n) is 3.57. The van der Waals surface area contributed by atoms with E-state index >= 15 is 0 Å². The van der Waals surface area contributed by atoms with Crippen molar-refractivity contribution in [2.75, 3.05) is 0 Å². The first-order valence-corrected chi connectivity index (χ1v) is 8.11. The minimum absolute atomic E-state index is 0.163. The van der Waals surface area contributed by atoms with E-state index in [0.29, 0.717) is 16.1 Å². The Hall–Kier alpha value is -3.13. The van der Waals surface area contributed by atoms with E-state index < -0.39 is 5.56 Å². The Kier molecular flexibility index (Phi) is 3.54. The second-order valence-corrected chi connectivity index (χ2v) is 6.33. The van der Waals surface area contributed by atoms with Gasteiger partial charge in [0.2, 0.25) is 4.96 Å². The third-order valence-corrected chi connectivity index (χ3v) is 4.53. The summed E-state index contributed by atoms with van der Waals surface area (Å²) in [4.78, 5) is 28.0. The lowest BCUT2D eigenvalue weighted by Crippen LogP contribution is -2.27. The van der Waals surface area contributed by atoms with Gasteiger partial charge in [0, 0.05) is 11.6 Å². The summed E-state index contributed by atoms with van der Waals surface area (Å²) in [5, 5.41) is 3.95. The van der Waals surface area contributed by atoms with Crippen LogP contribution in [0.5, 0.6) is 0 Å². The molecule has 0 N–H and O–H groups in total. The van der Waals surface area contributed by atoms with Crippen molar-refractivity contribution in [1.29, 1.82) is 0 Å². The first-order chi connectivity index (χ1) is 12.0. The highest BCUT2D eigenvalue weighted by Gasteiger charge is 2.09. The molecule has 0 radical (unpaired) electrons. The van der Waals surface area contributed by atoms with Crippen molar-refractivity contribution in [1.82, 2.24) is 14.6 Å². The van der Waals surface area contributed by atoms with Crippen molar-refractivity contribution in [3.63, 3.8) is 0 Å². The second kappa shape index (κ2) is 5.75. The van der Waals surface area contributed by atoms with Crippen LogP contribution in [0.4, 0.5) is 4.39 Å². The quantitative estimate of drug-likeness (QED) is 0.548. The number of hydrogen-bond donors (Lipinski definition) is 0. The third kappa shape index (κ3) is 2.76. The molecule has 0 spiro atoms. The zero-order valence-corrected chi connectivity index (χ0v) is 13.7. The molecule has 4 aromatic rings. The number of halogens is 1. The largest absolute Gasteiger partial charge is 0.457 e. The molecule has 8 heteroatoms. The molecule has 0 amide bonds. The minimum atomic E-state index is -0.454. The molecule has 0 aliphatic heterocycles. The lowest BCUT2D eigenvalue weighted by atomic mass is 10.2. The van der Waals surface area contributed by atoms with Gasteiger partial charge in [0.15, 0.2) is 0 Å². The van der Waals surface area contributed by atoms with Crippen molar-refractivity contribution in [2.24, 2.45) is 0 Å². The first kappa shape index (κ1) is 15.4. The molecule has 0 atom stereocenters. The molecule has 0 saturated heterocycles. The number of rotatable bonds is 2. The zero-order valence-electron chi connectivity index (χ0n) is 12.9. The Labute approximate surface area is 143 Å². The molecular formula is C17H10FN3O3S. The Morgan fingerprint density at radius 3 is 2.68 bits per heavy atom. The van der Waals surface area contributed by atoms with Crippen LogP contribution in [0.3, 0.4) is 0 Å². The predicted octanol–water partition coefficient (Wildman–Crippen LogP) is 1.77. The summed E-state index contributed by atoms with van der Waals surface area (Å²) < 4.78 is 20.1. The second-order valence-electron chi connectivity index (χ2n) is 5.32. The highest BCUT2D eigenvalue weighted by Crippen LogP contribution is 2.22. The van der Waals surface area contributed by atoms with Gasteiger partial charge in [-0.25, -0.2) is 4.39 Å². The number of thiazole rings is 1. The highest BCUT2D eigenvalue weighted by molar-refractivity contribution is 7.15. The molecule has 3 aromatic heterocycles. The monoisotopic (exact) mass is 355 g/mol. The van der Waals surface area contributed by atoms with Gasteiger partial charge in [0.05, 0.1) is 0 Å². The fourth-order valence-corrected chi connectivity index (χ4v) is 3.20. The summed E-state index contributed by atoms with van der Waals surface area (Å²) in [7, 11) is 0. The fraction of sp³-hybridized carbons (Fsp3) is 0.0588. The van der Waals surface area contributed by atoms with E-state index in [-0.39, 0.29) is 22.0 Å². The van der Waals surface area contributed by atoms with Crippen LogP contribution in [0.15, 0.2) is 50.4 Å². The average Bonchev–Trinajstić information content (AvgIpc) is 3.16. The molecule has 25 heavy (non-hydrogen) atoms. The maximum Gasteiger partial charge on any atom is 0.295 e. The van der Waals surface area contributed by atoms with Gasteiger partial charge >= 0.3 is 0 Å². The molecule has 0 bridgehead atoms. The fourth-order valence-electron chi connectivity index (χ4n) is 2.32. The van der Waals surface area contributed by atoms with Crippen LogP contribution >= 0.6 is 11.3 Å². The molecule has 3 heterocycles. The van der Waals surface area contributed by atoms with Crippen LogP contribution in [0.25, 0.3) is 22.4 Å². The molecular weight excluding hydrogens is 345 g/mol. The van der Waals surface area contributed by atoms with Gasteiger partial charge in [-0.3, -0.25) is 9.59 Å². The summed E-state index contributed by atoms with van der Waals surface area (Å²) in [6.07, 6.45) is 1.57. The number of benzene rings is 1. The molecule has 4 rings (SSSR count). The maximum absolute atomic E-state index is 13.0. The summed E-state index contributed by atoms with van der Waals surface area (Å²) in [5.74, 6) is 0.692. The van der Waals surface area contributed by atoms with Crippen LogP contribution in [-0.2, 0) is 0 Å². The molecule has 124 valence electrons. The number of aryl methyl sites for hydroxylation is 1. The van der Waals surface area contributed by atoms with Gasteiger partial charge in [0.25, 0.3) is 11.1 Å². The molecule has 0 aliphatic rings. The topological polar surface area (TPSA) is 77.5 Å². The van der Waals surface area contributed by atoms with E-state index in [0.717, 1.165) is 21.4 Å². The Morgan fingerprint density at radius 2 is 1.92 bits per heavy atom. The van der Waals surface area contributed by atoms with E-state index in [4.69, 9.17) is 4.42 Å². The van der Waals surface area contributed by atoms with Gasteiger partial charge < -0.3 is 4.42 Å². The smallest absolute Gasteiger partial charge is 0.295 e. The van der Waals surface area contributed by atoms with E-state index in [1.807, 2.05) is 0 Å². The van der Waals surface area contributed by atoms with Crippen LogP contribution < -0.4 is 15.7 Å². The average molecular weight is 355 g/mol. The minimum Gasteiger partial charge on any atom is -0.457 e. The first-order valence-electron chi connectivity index (χ1n) is 7.29. The van der Waals surface area contributed by atoms with Crippen LogP contribution in [-0.4, -0.2) is 14.6 Å². The molecule has 1 aromatic carbocycles. The van der Waals surface area contributed by atoms with Gasteiger partial charge in [0.1, 0.15) is 27.6 Å². The van der Waals surface area contributed by atoms with Crippen molar-refractivity contribution >= 4 is 22.4 Å². The number of fused-ring (bicyclic) bond motifs is 1. The van der Waals surface area contributed by atoms with E-state index in [2.05, 4.69) is 10.1 Å². The predicted molar refractivity (Wildman–Crippen MR) is 91.0 cm³/mol. The summed E-state index contributed by atoms with van der Waals surface area (Å²) in [5.41, 5.74) is 0.0688. The summed E-state index contributed by atoms with van der Waals surface area (Å²) >= 11 is 1.06. The standard InChI is InChI=1S/C17H10FN3O3S/c1-9-15(22)19-17-21(20-9)16(23)14(25-17)8-12-6-7-13(24-12)10-2-4-11(18)5-3-10/h2-8H,1H3/b14-8-. The lowest BCUT2D eigenvalue weighted by Gasteiger charge is -1.95. The molecule has 0 saturated carbocycles. The van der Waals surface area contributed by atoms with Crippen molar-refractivity contribution in [2.45, 2.75) is 6.92 Å². The number of furan rings is 1. The van der Waals surface area contributed by atoms with Gasteiger partial charge in [-0.1, -0.05) is 11.3 Å². The van der Waals surface area contributed by atoms with Gasteiger partial charge in [-0.05, 0) is 43.3 Å². The Bertz CT molecular complexity index is 1260. The molecule has 0 aliphatic carbocycles. The molecule has 0 fully saturated rings. The van der Waals surface area contributed by atoms with E-state index in [9.17, 15) is 14.0 Å². The SMILES string of the molecule is Cc1nn2c(=O)/c(=C/c3ccc(-c4ccc(F)cc4)o3)sc2nc1=O. The van der Waals surface area contributed by atoms with Crippen molar-refractivity contribution in [3.05, 3.63) is 78.9 Å². The number of hydrogen-bond acceptors (Lipinski definition) is 6. The van der Waals surface area contributed by atoms with Crippen LogP contribution in [0.2, 0.25) is 0 Å². The van der Waals surface area contributed by atoms with Crippen LogP contribution in [0.1, 0.15) is 11.5 Å². The summed E-state index contributed by atoms with van der Waals surface area (Å²) in [6, 6.07) is 9.36. The number of nitrogens with zero attached hydrogens (tertiary/aromatic N) is 3. The normalized spacial score (nSPS) is 12.2. The van der Waals surface area contributed by atoms with Crippen molar-refractivity contribution in [3.8, 4) is 11.3 Å². The maximum atomic E-state index is 13.0. The Morgan fingerprint density at radius 1 is 1.16 bits per heavy atom. The van der Waals surface area contributed by atoms with Crippen LogP contribution in [0, 0.1) is 12.7 Å². The van der Waals surface area contributed by atoms with Gasteiger partial charge in [-0.2, -0.15) is 14.6 Å². The van der Waals surface area contributed by atoms with E-state index in [1.54, 1.807) is 30.3 Å². The van der Waals surface area contributed by atoms with E-state index in [1.165, 1.54) is 19.1 Å². The molecule has 0 unspecified atom stereocenters.